The lowest BCUT2D eigenvalue weighted by Crippen LogP contribution is -2.42. The molecule has 1 fully saturated rings. The van der Waals surface area contributed by atoms with Crippen molar-refractivity contribution in [3.8, 4) is 0 Å². The summed E-state index contributed by atoms with van der Waals surface area (Å²) in [6.07, 6.45) is 7.73. The minimum atomic E-state index is -0.00842. The van der Waals surface area contributed by atoms with Gasteiger partial charge in [0.15, 0.2) is 0 Å². The summed E-state index contributed by atoms with van der Waals surface area (Å²) in [7, 11) is 1.88. The summed E-state index contributed by atoms with van der Waals surface area (Å²) in [4.78, 5) is 25.1. The first-order valence-corrected chi connectivity index (χ1v) is 10.4. The zero-order valence-electron chi connectivity index (χ0n) is 16.5. The van der Waals surface area contributed by atoms with Gasteiger partial charge >= 0.3 is 0 Å². The van der Waals surface area contributed by atoms with Crippen molar-refractivity contribution in [3.63, 3.8) is 0 Å². The lowest BCUT2D eigenvalue weighted by Gasteiger charge is -2.30. The van der Waals surface area contributed by atoms with Crippen molar-refractivity contribution >= 4 is 11.8 Å². The minimum Gasteiger partial charge on any atom is -0.356 e. The van der Waals surface area contributed by atoms with Gasteiger partial charge in [-0.25, -0.2) is 0 Å². The monoisotopic (exact) mass is 379 g/mol. The molecule has 0 aliphatic heterocycles. The van der Waals surface area contributed by atoms with Crippen LogP contribution in [0.25, 0.3) is 0 Å². The third-order valence-electron chi connectivity index (χ3n) is 6.28. The van der Waals surface area contributed by atoms with Crippen LogP contribution in [-0.2, 0) is 24.7 Å². The number of carbonyl (C=O) groups excluding carboxylic acids is 2. The smallest absolute Gasteiger partial charge is 0.268 e. The Labute approximate surface area is 166 Å². The number of benzene rings is 1. The highest BCUT2D eigenvalue weighted by atomic mass is 16.2. The van der Waals surface area contributed by atoms with Crippen LogP contribution >= 0.6 is 0 Å². The maximum atomic E-state index is 12.6. The summed E-state index contributed by atoms with van der Waals surface area (Å²) in [5, 5.41) is 6.36. The fourth-order valence-corrected chi connectivity index (χ4v) is 4.70. The predicted octanol–water partition coefficient (Wildman–Crippen LogP) is 2.84. The third-order valence-corrected chi connectivity index (χ3v) is 6.28. The average molecular weight is 380 g/mol. The summed E-state index contributed by atoms with van der Waals surface area (Å²) in [6.45, 7) is 0.711. The number of nitrogens with one attached hydrogen (secondary N) is 2. The van der Waals surface area contributed by atoms with Gasteiger partial charge in [0, 0.05) is 31.7 Å². The number of rotatable bonds is 5. The van der Waals surface area contributed by atoms with Gasteiger partial charge in [-0.15, -0.1) is 0 Å². The maximum Gasteiger partial charge on any atom is 0.268 e. The van der Waals surface area contributed by atoms with Crippen LogP contribution in [0, 0.1) is 11.8 Å². The van der Waals surface area contributed by atoms with E-state index in [2.05, 4.69) is 22.8 Å². The van der Waals surface area contributed by atoms with E-state index in [9.17, 15) is 9.59 Å². The van der Waals surface area contributed by atoms with Gasteiger partial charge in [-0.3, -0.25) is 9.59 Å². The molecular weight excluding hydrogens is 350 g/mol. The van der Waals surface area contributed by atoms with E-state index >= 15 is 0 Å². The molecule has 28 heavy (non-hydrogen) atoms. The molecule has 5 nitrogen and oxygen atoms in total. The molecule has 4 rings (SSSR count). The van der Waals surface area contributed by atoms with Crippen LogP contribution in [0.2, 0.25) is 0 Å². The summed E-state index contributed by atoms with van der Waals surface area (Å²) in [5.74, 6) is 0.658. The molecule has 2 amide bonds. The molecule has 1 aromatic carbocycles. The highest BCUT2D eigenvalue weighted by molar-refractivity contribution is 5.92. The molecule has 2 aliphatic rings. The zero-order valence-corrected chi connectivity index (χ0v) is 16.5. The molecule has 0 spiro atoms. The van der Waals surface area contributed by atoms with Crippen LogP contribution in [0.15, 0.2) is 42.6 Å². The quantitative estimate of drug-likeness (QED) is 0.839. The second-order valence-electron chi connectivity index (χ2n) is 8.33. The number of aryl methyl sites for hydroxylation is 1. The fourth-order valence-electron chi connectivity index (χ4n) is 4.70. The summed E-state index contributed by atoms with van der Waals surface area (Å²) in [6, 6.07) is 12.3. The Morgan fingerprint density at radius 1 is 1.07 bits per heavy atom. The van der Waals surface area contributed by atoms with Crippen LogP contribution in [0.3, 0.4) is 0 Å². The third kappa shape index (κ3) is 4.13. The van der Waals surface area contributed by atoms with Gasteiger partial charge in [0.2, 0.25) is 5.91 Å². The molecule has 1 aromatic heterocycles. The van der Waals surface area contributed by atoms with Gasteiger partial charge in [-0.05, 0) is 61.3 Å². The molecule has 148 valence electrons. The molecule has 5 heteroatoms. The normalized spacial score (nSPS) is 21.9. The second kappa shape index (κ2) is 8.21. The van der Waals surface area contributed by atoms with Crippen LogP contribution in [0.5, 0.6) is 0 Å². The van der Waals surface area contributed by atoms with E-state index in [1.807, 2.05) is 42.1 Å². The lowest BCUT2D eigenvalue weighted by molar-refractivity contribution is -0.125. The van der Waals surface area contributed by atoms with Crippen molar-refractivity contribution in [1.82, 2.24) is 15.2 Å². The van der Waals surface area contributed by atoms with Gasteiger partial charge in [0.1, 0.15) is 5.69 Å². The lowest BCUT2D eigenvalue weighted by atomic mass is 9.85. The Balaban J connectivity index is 1.25. The number of nitrogens with zero attached hydrogens (tertiary/aromatic N) is 1. The van der Waals surface area contributed by atoms with Gasteiger partial charge in [0.25, 0.3) is 5.91 Å². The number of fused-ring (bicyclic) bond motifs is 1. The maximum absolute atomic E-state index is 12.6. The first-order chi connectivity index (χ1) is 13.6. The topological polar surface area (TPSA) is 63.1 Å². The second-order valence-corrected chi connectivity index (χ2v) is 8.33. The van der Waals surface area contributed by atoms with Gasteiger partial charge in [0.05, 0.1) is 0 Å². The molecule has 0 bridgehead atoms. The van der Waals surface area contributed by atoms with Gasteiger partial charge in [-0.1, -0.05) is 30.7 Å². The van der Waals surface area contributed by atoms with E-state index in [4.69, 9.17) is 0 Å². The number of hydrogen-bond acceptors (Lipinski definition) is 2. The van der Waals surface area contributed by atoms with Crippen LogP contribution in [-0.4, -0.2) is 29.0 Å². The van der Waals surface area contributed by atoms with Crippen molar-refractivity contribution in [3.05, 3.63) is 59.4 Å². The number of hydrogen-bond donors (Lipinski definition) is 2. The van der Waals surface area contributed by atoms with E-state index in [0.29, 0.717) is 18.2 Å². The summed E-state index contributed by atoms with van der Waals surface area (Å²) < 4.78 is 1.84. The average Bonchev–Trinajstić information content (AvgIpc) is 3.32. The van der Waals surface area contributed by atoms with Crippen LogP contribution in [0.4, 0.5) is 0 Å². The largest absolute Gasteiger partial charge is 0.356 e. The Morgan fingerprint density at radius 2 is 1.82 bits per heavy atom. The van der Waals surface area contributed by atoms with Crippen molar-refractivity contribution in [2.45, 2.75) is 44.6 Å². The molecule has 1 saturated carbocycles. The Hall–Kier alpha value is -2.56. The van der Waals surface area contributed by atoms with E-state index in [0.717, 1.165) is 38.5 Å². The van der Waals surface area contributed by atoms with Crippen LogP contribution < -0.4 is 10.6 Å². The minimum absolute atomic E-state index is 0.00842. The standard InChI is InChI=1S/C23H29N3O2/c1-26-11-5-10-21(26)23(28)25-20-9-4-6-16(12-20)15-24-22(27)19-13-17-7-2-3-8-18(17)14-19/h2-3,5,7-8,10-11,16,19-20H,4,6,9,12-15H2,1H3,(H,24,27)(H,25,28)/t16-,20+/m1/s1. The zero-order chi connectivity index (χ0) is 19.5. The number of amides is 2. The highest BCUT2D eigenvalue weighted by Gasteiger charge is 2.29. The molecule has 0 radical (unpaired) electrons. The molecule has 0 unspecified atom stereocenters. The van der Waals surface area contributed by atoms with Crippen molar-refractivity contribution in [2.24, 2.45) is 18.9 Å². The van der Waals surface area contributed by atoms with Crippen molar-refractivity contribution in [1.29, 1.82) is 0 Å². The molecule has 0 saturated heterocycles. The molecular formula is C23H29N3O2. The molecule has 2 N–H and O–H groups in total. The summed E-state index contributed by atoms with van der Waals surface area (Å²) >= 11 is 0. The Kier molecular flexibility index (Phi) is 5.51. The number of aromatic nitrogens is 1. The first kappa shape index (κ1) is 18.8. The molecule has 2 aliphatic carbocycles. The highest BCUT2D eigenvalue weighted by Crippen LogP contribution is 2.27. The SMILES string of the molecule is Cn1cccc1C(=O)N[C@H]1CCC[C@@H](CNC(=O)C2Cc3ccccc3C2)C1. The molecule has 2 aromatic rings. The van der Waals surface area contributed by atoms with E-state index < -0.39 is 0 Å². The Morgan fingerprint density at radius 3 is 2.50 bits per heavy atom. The predicted molar refractivity (Wildman–Crippen MR) is 109 cm³/mol. The van der Waals surface area contributed by atoms with Gasteiger partial charge < -0.3 is 15.2 Å². The first-order valence-electron chi connectivity index (χ1n) is 10.4. The fraction of sp³-hybridized carbons (Fsp3) is 0.478. The van der Waals surface area contributed by atoms with Gasteiger partial charge in [-0.2, -0.15) is 0 Å². The van der Waals surface area contributed by atoms with Crippen molar-refractivity contribution < 1.29 is 9.59 Å². The van der Waals surface area contributed by atoms with E-state index in [1.165, 1.54) is 11.1 Å². The van der Waals surface area contributed by atoms with Crippen LogP contribution in [0.1, 0.15) is 47.3 Å². The van der Waals surface area contributed by atoms with E-state index in [1.54, 1.807) is 0 Å². The molecule has 2 atom stereocenters. The number of carbonyl (C=O) groups is 2. The van der Waals surface area contributed by atoms with E-state index in [-0.39, 0.29) is 23.8 Å². The molecule has 1 heterocycles. The Bertz CT molecular complexity index is 832. The van der Waals surface area contributed by atoms with Crippen molar-refractivity contribution in [2.75, 3.05) is 6.54 Å². The summed E-state index contributed by atoms with van der Waals surface area (Å²) in [5.41, 5.74) is 3.31.